The summed E-state index contributed by atoms with van der Waals surface area (Å²) in [7, 11) is -3.77. The number of para-hydroxylation sites is 1. The van der Waals surface area contributed by atoms with Crippen LogP contribution >= 0.6 is 0 Å². The Bertz CT molecular complexity index is 747. The Morgan fingerprint density at radius 1 is 1.29 bits per heavy atom. The fraction of sp³-hybridized carbons (Fsp3) is 0.467. The molecule has 2 fully saturated rings. The van der Waals surface area contributed by atoms with Crippen LogP contribution in [0.5, 0.6) is 5.75 Å². The highest BCUT2D eigenvalue weighted by atomic mass is 32.2. The molecule has 130 valence electrons. The molecule has 24 heavy (non-hydrogen) atoms. The van der Waals surface area contributed by atoms with Crippen LogP contribution in [-0.4, -0.2) is 62.0 Å². The van der Waals surface area contributed by atoms with Gasteiger partial charge in [0, 0.05) is 13.1 Å². The number of amides is 2. The number of imide groups is 1. The van der Waals surface area contributed by atoms with Gasteiger partial charge >= 0.3 is 6.09 Å². The van der Waals surface area contributed by atoms with Crippen LogP contribution in [-0.2, 0) is 19.6 Å². The topological polar surface area (TPSA) is 93.2 Å². The first-order valence-electron chi connectivity index (χ1n) is 7.66. The highest BCUT2D eigenvalue weighted by Gasteiger charge is 2.43. The van der Waals surface area contributed by atoms with Crippen LogP contribution in [0.3, 0.4) is 0 Å². The number of ether oxygens (including phenoxy) is 2. The minimum Gasteiger partial charge on any atom is -0.492 e. The maximum Gasteiger partial charge on any atom is 0.417 e. The van der Waals surface area contributed by atoms with E-state index in [0.29, 0.717) is 18.8 Å². The van der Waals surface area contributed by atoms with Gasteiger partial charge in [-0.1, -0.05) is 12.1 Å². The van der Waals surface area contributed by atoms with Crippen molar-refractivity contribution in [1.29, 1.82) is 0 Å². The molecule has 0 saturated carbocycles. The number of benzene rings is 1. The monoisotopic (exact) mass is 354 g/mol. The molecule has 8 nitrogen and oxygen atoms in total. The van der Waals surface area contributed by atoms with Crippen molar-refractivity contribution in [2.24, 2.45) is 0 Å². The molecule has 0 aromatic heterocycles. The lowest BCUT2D eigenvalue weighted by Crippen LogP contribution is -2.42. The van der Waals surface area contributed by atoms with Gasteiger partial charge in [0.25, 0.3) is 5.91 Å². The average molecular weight is 354 g/mol. The van der Waals surface area contributed by atoms with Gasteiger partial charge in [-0.2, -0.15) is 4.31 Å². The highest BCUT2D eigenvalue weighted by Crippen LogP contribution is 2.30. The zero-order chi connectivity index (χ0) is 17.3. The zero-order valence-electron chi connectivity index (χ0n) is 13.2. The third-order valence-corrected chi connectivity index (χ3v) is 5.95. The molecule has 0 radical (unpaired) electrons. The molecule has 1 aromatic rings. The first kappa shape index (κ1) is 16.7. The van der Waals surface area contributed by atoms with Gasteiger partial charge in [0.15, 0.2) is 6.61 Å². The molecule has 2 amide bonds. The Morgan fingerprint density at radius 3 is 2.71 bits per heavy atom. The summed E-state index contributed by atoms with van der Waals surface area (Å²) in [6.45, 7) is 2.13. The standard InChI is InChI=1S/C15H18N2O6S/c1-2-22-12-5-3-4-6-13(12)24(20,21)16-8-7-11(9-16)17-14(18)10-23-15(17)19/h3-6,11H,2,7-10H2,1H3. The largest absolute Gasteiger partial charge is 0.492 e. The maximum absolute atomic E-state index is 12.9. The van der Waals surface area contributed by atoms with E-state index >= 15 is 0 Å². The molecular formula is C15H18N2O6S. The highest BCUT2D eigenvalue weighted by molar-refractivity contribution is 7.89. The Kier molecular flexibility index (Phi) is 4.46. The number of rotatable bonds is 5. The van der Waals surface area contributed by atoms with Crippen molar-refractivity contribution in [2.45, 2.75) is 24.3 Å². The molecule has 2 aliphatic heterocycles. The third-order valence-electron chi connectivity index (χ3n) is 4.04. The summed E-state index contributed by atoms with van der Waals surface area (Å²) in [6, 6.07) is 5.93. The van der Waals surface area contributed by atoms with E-state index in [9.17, 15) is 18.0 Å². The molecule has 1 atom stereocenters. The Balaban J connectivity index is 1.82. The summed E-state index contributed by atoms with van der Waals surface area (Å²) < 4.78 is 37.1. The van der Waals surface area contributed by atoms with Crippen LogP contribution in [0, 0.1) is 0 Å². The Hall–Kier alpha value is -2.13. The van der Waals surface area contributed by atoms with Gasteiger partial charge in [-0.05, 0) is 25.5 Å². The van der Waals surface area contributed by atoms with Crippen LogP contribution in [0.2, 0.25) is 0 Å². The van der Waals surface area contributed by atoms with Crippen molar-refractivity contribution in [3.63, 3.8) is 0 Å². The lowest BCUT2D eigenvalue weighted by molar-refractivity contribution is -0.127. The Labute approximate surface area is 140 Å². The summed E-state index contributed by atoms with van der Waals surface area (Å²) in [5, 5.41) is 0. The van der Waals surface area contributed by atoms with E-state index in [1.807, 2.05) is 0 Å². The molecular weight excluding hydrogens is 336 g/mol. The molecule has 9 heteroatoms. The first-order chi connectivity index (χ1) is 11.4. The second kappa shape index (κ2) is 6.40. The van der Waals surface area contributed by atoms with Gasteiger partial charge in [-0.15, -0.1) is 0 Å². The summed E-state index contributed by atoms with van der Waals surface area (Å²) in [4.78, 5) is 24.5. The smallest absolute Gasteiger partial charge is 0.417 e. The van der Waals surface area contributed by atoms with Gasteiger partial charge < -0.3 is 9.47 Å². The number of hydrogen-bond donors (Lipinski definition) is 0. The molecule has 2 aliphatic rings. The van der Waals surface area contributed by atoms with E-state index in [1.54, 1.807) is 25.1 Å². The molecule has 1 aromatic carbocycles. The summed E-state index contributed by atoms with van der Waals surface area (Å²) >= 11 is 0. The SMILES string of the molecule is CCOc1ccccc1S(=O)(=O)N1CCC(N2C(=O)COC2=O)C1. The van der Waals surface area contributed by atoms with Gasteiger partial charge in [-0.25, -0.2) is 18.1 Å². The summed E-state index contributed by atoms with van der Waals surface area (Å²) in [5.74, 6) is -0.140. The van der Waals surface area contributed by atoms with E-state index in [0.717, 1.165) is 4.90 Å². The molecule has 3 rings (SSSR count). The molecule has 0 bridgehead atoms. The van der Waals surface area contributed by atoms with E-state index < -0.39 is 28.1 Å². The molecule has 0 aliphatic carbocycles. The van der Waals surface area contributed by atoms with Gasteiger partial charge in [-0.3, -0.25) is 4.79 Å². The molecule has 0 spiro atoms. The number of carbonyl (C=O) groups excluding carboxylic acids is 2. The van der Waals surface area contributed by atoms with Gasteiger partial charge in [0.2, 0.25) is 10.0 Å². The fourth-order valence-electron chi connectivity index (χ4n) is 2.93. The minimum atomic E-state index is -3.77. The van der Waals surface area contributed by atoms with Crippen molar-refractivity contribution < 1.29 is 27.5 Å². The van der Waals surface area contributed by atoms with Crippen molar-refractivity contribution in [1.82, 2.24) is 9.21 Å². The molecule has 1 unspecified atom stereocenters. The number of sulfonamides is 1. The first-order valence-corrected chi connectivity index (χ1v) is 9.10. The van der Waals surface area contributed by atoms with Crippen LogP contribution in [0.1, 0.15) is 13.3 Å². The van der Waals surface area contributed by atoms with Crippen molar-refractivity contribution in [3.05, 3.63) is 24.3 Å². The van der Waals surface area contributed by atoms with E-state index in [4.69, 9.17) is 9.47 Å². The second-order valence-corrected chi connectivity index (χ2v) is 7.41. The predicted molar refractivity (Wildman–Crippen MR) is 83.0 cm³/mol. The quantitative estimate of drug-likeness (QED) is 0.777. The van der Waals surface area contributed by atoms with Gasteiger partial charge in [0.1, 0.15) is 10.6 Å². The van der Waals surface area contributed by atoms with Crippen molar-refractivity contribution in [2.75, 3.05) is 26.3 Å². The lowest BCUT2D eigenvalue weighted by atomic mass is 10.2. The van der Waals surface area contributed by atoms with E-state index in [1.165, 1.54) is 10.4 Å². The van der Waals surface area contributed by atoms with Crippen LogP contribution in [0.4, 0.5) is 4.79 Å². The van der Waals surface area contributed by atoms with Crippen molar-refractivity contribution in [3.8, 4) is 5.75 Å². The molecule has 2 saturated heterocycles. The maximum atomic E-state index is 12.9. The van der Waals surface area contributed by atoms with Crippen LogP contribution in [0.15, 0.2) is 29.2 Å². The lowest BCUT2D eigenvalue weighted by Gasteiger charge is -2.21. The third kappa shape index (κ3) is 2.84. The number of cyclic esters (lactones) is 1. The zero-order valence-corrected chi connectivity index (χ0v) is 14.0. The minimum absolute atomic E-state index is 0.0592. The second-order valence-electron chi connectivity index (χ2n) is 5.50. The van der Waals surface area contributed by atoms with Crippen LogP contribution in [0.25, 0.3) is 0 Å². The van der Waals surface area contributed by atoms with Crippen LogP contribution < -0.4 is 4.74 Å². The normalized spacial score (nSPS) is 22.0. The summed E-state index contributed by atoms with van der Waals surface area (Å²) in [5.41, 5.74) is 0. The van der Waals surface area contributed by atoms with Gasteiger partial charge in [0.05, 0.1) is 12.6 Å². The molecule has 0 N–H and O–H groups in total. The van der Waals surface area contributed by atoms with E-state index in [2.05, 4.69) is 0 Å². The van der Waals surface area contributed by atoms with Crippen molar-refractivity contribution >= 4 is 22.0 Å². The predicted octanol–water partition coefficient (Wildman–Crippen LogP) is 0.827. The Morgan fingerprint density at radius 2 is 2.04 bits per heavy atom. The molecule has 2 heterocycles. The summed E-state index contributed by atoms with van der Waals surface area (Å²) in [6.07, 6.45) is -0.324. The number of hydrogen-bond acceptors (Lipinski definition) is 6. The number of nitrogens with zero attached hydrogens (tertiary/aromatic N) is 2. The number of carbonyl (C=O) groups is 2. The fourth-order valence-corrected chi connectivity index (χ4v) is 4.56. The average Bonchev–Trinajstić information content (AvgIpc) is 3.15. The van der Waals surface area contributed by atoms with E-state index in [-0.39, 0.29) is 24.6 Å².